The molecule has 2 unspecified atom stereocenters. The zero-order valence-electron chi connectivity index (χ0n) is 19.6. The van der Waals surface area contributed by atoms with Crippen molar-refractivity contribution in [2.24, 2.45) is 0 Å². The first kappa shape index (κ1) is 26.0. The van der Waals surface area contributed by atoms with Crippen LogP contribution in [0.3, 0.4) is 0 Å². The highest BCUT2D eigenvalue weighted by Crippen LogP contribution is 2.36. The van der Waals surface area contributed by atoms with Gasteiger partial charge in [0.05, 0.1) is 24.5 Å². The van der Waals surface area contributed by atoms with Crippen LogP contribution in [-0.4, -0.2) is 63.0 Å². The van der Waals surface area contributed by atoms with E-state index >= 15 is 0 Å². The summed E-state index contributed by atoms with van der Waals surface area (Å²) in [5, 5.41) is 18.4. The quantitative estimate of drug-likeness (QED) is 0.260. The molecule has 2 atom stereocenters. The Morgan fingerprint density at radius 1 is 1.09 bits per heavy atom. The average molecular weight is 509 g/mol. The number of rotatable bonds is 13. The summed E-state index contributed by atoms with van der Waals surface area (Å²) in [5.74, 6) is 2.99. The number of aliphatic hydroxyl groups excluding tert-OH is 1. The van der Waals surface area contributed by atoms with E-state index in [1.807, 2.05) is 29.7 Å². The monoisotopic (exact) mass is 508 g/mol. The van der Waals surface area contributed by atoms with Gasteiger partial charge in [0.25, 0.3) is 0 Å². The molecule has 0 saturated carbocycles. The van der Waals surface area contributed by atoms with Crippen LogP contribution in [-0.2, 0) is 11.2 Å². The molecule has 0 aliphatic heterocycles. The van der Waals surface area contributed by atoms with Gasteiger partial charge in [-0.15, -0.1) is 10.2 Å². The van der Waals surface area contributed by atoms with E-state index in [4.69, 9.17) is 25.8 Å². The summed E-state index contributed by atoms with van der Waals surface area (Å²) in [5.41, 5.74) is 0.691. The molecule has 0 fully saturated rings. The maximum absolute atomic E-state index is 9.20. The van der Waals surface area contributed by atoms with Gasteiger partial charge in [-0.25, -0.2) is 9.97 Å². The van der Waals surface area contributed by atoms with Gasteiger partial charge < -0.3 is 19.3 Å². The normalized spacial score (nSPS) is 12.9. The summed E-state index contributed by atoms with van der Waals surface area (Å²) >= 11 is 7.32. The number of anilines is 1. The van der Waals surface area contributed by atoms with Gasteiger partial charge in [0.15, 0.2) is 5.82 Å². The van der Waals surface area contributed by atoms with E-state index in [1.54, 1.807) is 33.7 Å². The Kier molecular flexibility index (Phi) is 9.75. The van der Waals surface area contributed by atoms with Gasteiger partial charge in [0.1, 0.15) is 29.1 Å². The largest absolute Gasteiger partial charge is 0.494 e. The number of unbranched alkanes of at least 4 members (excludes halogenated alkanes) is 1. The van der Waals surface area contributed by atoms with E-state index in [0.717, 1.165) is 12.2 Å². The first-order valence-corrected chi connectivity index (χ1v) is 12.0. The molecule has 0 bridgehead atoms. The second-order valence-corrected chi connectivity index (χ2v) is 8.93. The van der Waals surface area contributed by atoms with Crippen LogP contribution in [0, 0.1) is 0 Å². The number of ether oxygens (including phenoxy) is 3. The van der Waals surface area contributed by atoms with Crippen LogP contribution in [0.5, 0.6) is 11.5 Å². The molecule has 0 radical (unpaired) electrons. The summed E-state index contributed by atoms with van der Waals surface area (Å²) in [7, 11) is 4.82. The zero-order valence-corrected chi connectivity index (χ0v) is 21.1. The molecular weight excluding hydrogens is 480 g/mol. The Morgan fingerprint density at radius 2 is 1.76 bits per heavy atom. The third-order valence-corrected chi connectivity index (χ3v) is 6.19. The molecule has 0 aliphatic rings. The number of hydrogen-bond acceptors (Lipinski definition) is 10. The van der Waals surface area contributed by atoms with Gasteiger partial charge >= 0.3 is 0 Å². The lowest BCUT2D eigenvalue weighted by atomic mass is 10.2. The second kappa shape index (κ2) is 12.7. The molecule has 2 N–H and O–H groups in total. The molecule has 0 spiro atoms. The number of nitrogens with one attached hydrogen (secondary N) is 1. The molecule has 3 rings (SSSR count). The average Bonchev–Trinajstić information content (AvgIpc) is 3.26. The molecular formula is C22H29ClN6O4S. The van der Waals surface area contributed by atoms with Crippen molar-refractivity contribution in [3.63, 3.8) is 0 Å². The van der Waals surface area contributed by atoms with Crippen molar-refractivity contribution in [3.05, 3.63) is 47.3 Å². The summed E-state index contributed by atoms with van der Waals surface area (Å²) in [6.07, 6.45) is 4.76. The van der Waals surface area contributed by atoms with E-state index in [2.05, 4.69) is 24.9 Å². The minimum absolute atomic E-state index is 0.0891. The number of aromatic nitrogens is 5. The van der Waals surface area contributed by atoms with Crippen LogP contribution in [0.2, 0.25) is 5.02 Å². The Balaban J connectivity index is 1.91. The van der Waals surface area contributed by atoms with Gasteiger partial charge in [0, 0.05) is 32.5 Å². The summed E-state index contributed by atoms with van der Waals surface area (Å²) in [4.78, 5) is 8.57. The third kappa shape index (κ3) is 6.09. The maximum Gasteiger partial charge on any atom is 0.239 e. The number of aliphatic hydroxyl groups is 1. The lowest BCUT2D eigenvalue weighted by Gasteiger charge is -2.22. The Labute approximate surface area is 208 Å². The van der Waals surface area contributed by atoms with Gasteiger partial charge in [-0.05, 0) is 43.8 Å². The topological polar surface area (TPSA) is 116 Å². The Bertz CT molecular complexity index is 1030. The smallest absolute Gasteiger partial charge is 0.239 e. The fraction of sp³-hybridized carbons (Fsp3) is 0.455. The van der Waals surface area contributed by atoms with Crippen molar-refractivity contribution < 1.29 is 19.3 Å². The number of methoxy groups -OCH3 is 3. The first-order chi connectivity index (χ1) is 16.5. The summed E-state index contributed by atoms with van der Waals surface area (Å²) in [6.45, 7) is 2.12. The van der Waals surface area contributed by atoms with E-state index in [0.29, 0.717) is 46.8 Å². The summed E-state index contributed by atoms with van der Waals surface area (Å²) < 4.78 is 22.1. The molecule has 0 aliphatic carbocycles. The fourth-order valence-corrected chi connectivity index (χ4v) is 4.29. The predicted molar refractivity (Wildman–Crippen MR) is 132 cm³/mol. The number of aryl methyl sites for hydroxylation is 1. The number of halogens is 1. The predicted octanol–water partition coefficient (Wildman–Crippen LogP) is 3.88. The van der Waals surface area contributed by atoms with Gasteiger partial charge in [-0.2, -0.15) is 0 Å². The lowest BCUT2D eigenvalue weighted by molar-refractivity contribution is 0.0972. The van der Waals surface area contributed by atoms with E-state index in [1.165, 1.54) is 11.9 Å². The van der Waals surface area contributed by atoms with Gasteiger partial charge in [-0.3, -0.25) is 9.29 Å². The molecule has 34 heavy (non-hydrogen) atoms. The van der Waals surface area contributed by atoms with Crippen LogP contribution >= 0.6 is 23.5 Å². The zero-order chi connectivity index (χ0) is 24.5. The van der Waals surface area contributed by atoms with Crippen molar-refractivity contribution >= 4 is 29.5 Å². The van der Waals surface area contributed by atoms with E-state index in [-0.39, 0.29) is 18.0 Å². The van der Waals surface area contributed by atoms with Gasteiger partial charge in [0.2, 0.25) is 5.95 Å². The Morgan fingerprint density at radius 3 is 2.35 bits per heavy atom. The highest BCUT2D eigenvalue weighted by molar-refractivity contribution is 8.01. The van der Waals surface area contributed by atoms with Crippen LogP contribution in [0.15, 0.2) is 30.6 Å². The molecule has 10 nitrogen and oxygen atoms in total. The third-order valence-electron chi connectivity index (χ3n) is 5.08. The molecule has 184 valence electrons. The lowest BCUT2D eigenvalue weighted by Crippen LogP contribution is -2.19. The second-order valence-electron chi connectivity index (χ2n) is 7.31. The van der Waals surface area contributed by atoms with Crippen molar-refractivity contribution in [1.82, 2.24) is 24.7 Å². The minimum Gasteiger partial charge on any atom is -0.494 e. The Hall–Kier alpha value is -2.60. The molecule has 2 heterocycles. The van der Waals surface area contributed by atoms with Crippen LogP contribution in [0.25, 0.3) is 5.69 Å². The minimum atomic E-state index is -0.379. The highest BCUT2D eigenvalue weighted by atomic mass is 35.5. The number of benzene rings is 1. The van der Waals surface area contributed by atoms with Crippen molar-refractivity contribution in [1.29, 1.82) is 0 Å². The van der Waals surface area contributed by atoms with Crippen LogP contribution in [0.4, 0.5) is 5.95 Å². The maximum atomic E-state index is 9.20. The molecule has 3 aromatic rings. The first-order valence-electron chi connectivity index (χ1n) is 10.7. The molecule has 2 aromatic heterocycles. The van der Waals surface area contributed by atoms with Crippen molar-refractivity contribution in [2.45, 2.75) is 37.5 Å². The molecule has 0 amide bonds. The summed E-state index contributed by atoms with van der Waals surface area (Å²) in [6, 6.07) is 5.57. The fourth-order valence-electron chi connectivity index (χ4n) is 3.41. The van der Waals surface area contributed by atoms with Gasteiger partial charge in [-0.1, -0.05) is 17.7 Å². The number of hydrogen-bond donors (Lipinski definition) is 2. The van der Waals surface area contributed by atoms with Crippen molar-refractivity contribution in [2.75, 3.05) is 32.7 Å². The van der Waals surface area contributed by atoms with Crippen LogP contribution in [0.1, 0.15) is 37.5 Å². The van der Waals surface area contributed by atoms with E-state index in [9.17, 15) is 5.11 Å². The number of nitrogens with zero attached hydrogens (tertiary/aromatic N) is 5. The molecule has 12 heteroatoms. The standard InChI is InChI=1S/C22H29ClN6O4S/c1-14(20(33-4)21-24-12-15(23)13-25-21)34-28-22-27-26-18(10-5-6-11-30)29(22)19-16(31-2)8-7-9-17(19)32-3/h7-9,12-14,20,30H,5-6,10-11H2,1-4H3,(H,27,28). The SMILES string of the molecule is COc1cccc(OC)c1-n1c(CCCCO)nnc1NSC(C)C(OC)c1ncc(Cl)cn1. The molecule has 1 aromatic carbocycles. The van der Waals surface area contributed by atoms with Crippen molar-refractivity contribution in [3.8, 4) is 17.2 Å². The molecule has 0 saturated heterocycles. The highest BCUT2D eigenvalue weighted by Gasteiger charge is 2.25. The van der Waals surface area contributed by atoms with E-state index < -0.39 is 0 Å². The van der Waals surface area contributed by atoms with Crippen LogP contribution < -0.4 is 14.2 Å². The number of para-hydroxylation sites is 1.